The van der Waals surface area contributed by atoms with Crippen LogP contribution in [-0.2, 0) is 11.0 Å². The molecular weight excluding hydrogens is 235 g/mol. The Morgan fingerprint density at radius 1 is 1.38 bits per heavy atom. The lowest BCUT2D eigenvalue weighted by Crippen LogP contribution is -2.20. The predicted molar refractivity (Wildman–Crippen MR) is 51.5 cm³/mol. The third kappa shape index (κ3) is 4.30. The number of hydrogen-bond acceptors (Lipinski definition) is 6. The quantitative estimate of drug-likeness (QED) is 0.630. The minimum Gasteiger partial charge on any atom is -0.780 e. The molecular formula is C9H11O6P-2. The second kappa shape index (κ2) is 5.43. The van der Waals surface area contributed by atoms with E-state index in [-0.39, 0.29) is 12.2 Å². The van der Waals surface area contributed by atoms with Gasteiger partial charge in [0.25, 0.3) is 0 Å². The van der Waals surface area contributed by atoms with Crippen molar-refractivity contribution in [1.29, 1.82) is 0 Å². The van der Waals surface area contributed by atoms with Crippen LogP contribution < -0.4 is 14.3 Å². The van der Waals surface area contributed by atoms with Gasteiger partial charge >= 0.3 is 0 Å². The SMILES string of the molecule is O=P([O-])([O-])Oc1ccccc1CC(O)CO. The zero-order valence-corrected chi connectivity index (χ0v) is 9.17. The first-order chi connectivity index (χ1) is 7.42. The summed E-state index contributed by atoms with van der Waals surface area (Å²) in [6.07, 6.45) is -1.02. The lowest BCUT2D eigenvalue weighted by Gasteiger charge is -2.30. The Labute approximate surface area is 92.4 Å². The molecule has 7 heteroatoms. The van der Waals surface area contributed by atoms with E-state index >= 15 is 0 Å². The van der Waals surface area contributed by atoms with Gasteiger partial charge in [-0.2, -0.15) is 0 Å². The number of phosphoric ester groups is 1. The summed E-state index contributed by atoms with van der Waals surface area (Å²) < 4.78 is 14.7. The molecule has 0 fully saturated rings. The van der Waals surface area contributed by atoms with Gasteiger partial charge in [0, 0.05) is 6.42 Å². The molecule has 16 heavy (non-hydrogen) atoms. The third-order valence-electron chi connectivity index (χ3n) is 1.85. The standard InChI is InChI=1S/C9H13O6P/c10-6-8(11)5-7-3-1-2-4-9(7)15-16(12,13)14/h1-4,8,10-11H,5-6H2,(H2,12,13,14)/p-2. The van der Waals surface area contributed by atoms with Gasteiger partial charge in [0.05, 0.1) is 12.7 Å². The fourth-order valence-electron chi connectivity index (χ4n) is 1.20. The van der Waals surface area contributed by atoms with Crippen molar-refractivity contribution in [3.63, 3.8) is 0 Å². The van der Waals surface area contributed by atoms with E-state index in [0.29, 0.717) is 5.56 Å². The molecule has 0 aromatic heterocycles. The summed E-state index contributed by atoms with van der Waals surface area (Å²) in [6, 6.07) is 5.92. The molecule has 0 bridgehead atoms. The van der Waals surface area contributed by atoms with E-state index < -0.39 is 20.5 Å². The summed E-state index contributed by atoms with van der Waals surface area (Å²) >= 11 is 0. The maximum Gasteiger partial charge on any atom is 0.127 e. The van der Waals surface area contributed by atoms with E-state index in [4.69, 9.17) is 5.11 Å². The summed E-state index contributed by atoms with van der Waals surface area (Å²) in [5.74, 6) is -0.122. The molecule has 1 aromatic carbocycles. The van der Waals surface area contributed by atoms with Crippen molar-refractivity contribution in [3.05, 3.63) is 29.8 Å². The molecule has 0 amide bonds. The van der Waals surface area contributed by atoms with Gasteiger partial charge in [-0.15, -0.1) is 0 Å². The Morgan fingerprint density at radius 2 is 2.00 bits per heavy atom. The molecule has 0 aliphatic rings. The van der Waals surface area contributed by atoms with E-state index in [1.165, 1.54) is 18.2 Å². The van der Waals surface area contributed by atoms with Crippen LogP contribution in [0.5, 0.6) is 5.75 Å². The van der Waals surface area contributed by atoms with Crippen molar-refractivity contribution in [2.45, 2.75) is 12.5 Å². The van der Waals surface area contributed by atoms with Crippen molar-refractivity contribution in [2.24, 2.45) is 0 Å². The summed E-state index contributed by atoms with van der Waals surface area (Å²) in [5, 5.41) is 17.9. The lowest BCUT2D eigenvalue weighted by molar-refractivity contribution is -0.333. The van der Waals surface area contributed by atoms with Crippen molar-refractivity contribution in [3.8, 4) is 5.75 Å². The smallest absolute Gasteiger partial charge is 0.127 e. The molecule has 1 rings (SSSR count). The Kier molecular flexibility index (Phi) is 4.46. The van der Waals surface area contributed by atoms with Crippen LogP contribution in [0, 0.1) is 0 Å². The largest absolute Gasteiger partial charge is 0.780 e. The van der Waals surface area contributed by atoms with Crippen LogP contribution in [0.15, 0.2) is 24.3 Å². The summed E-state index contributed by atoms with van der Waals surface area (Å²) in [7, 11) is -5.11. The minimum absolute atomic E-state index is 0.00662. The Balaban J connectivity index is 2.87. The Hall–Kier alpha value is -0.910. The number of aliphatic hydroxyl groups is 2. The molecule has 0 aliphatic carbocycles. The maximum absolute atomic E-state index is 10.4. The number of hydrogen-bond donors (Lipinski definition) is 2. The van der Waals surface area contributed by atoms with Crippen LogP contribution in [0.4, 0.5) is 0 Å². The average Bonchev–Trinajstić information content (AvgIpc) is 2.18. The summed E-state index contributed by atoms with van der Waals surface area (Å²) in [4.78, 5) is 20.9. The molecule has 0 aliphatic heterocycles. The van der Waals surface area contributed by atoms with Crippen molar-refractivity contribution in [1.82, 2.24) is 0 Å². The van der Waals surface area contributed by atoms with Crippen molar-refractivity contribution in [2.75, 3.05) is 6.61 Å². The first-order valence-electron chi connectivity index (χ1n) is 4.51. The number of aliphatic hydroxyl groups excluding tert-OH is 2. The van der Waals surface area contributed by atoms with Crippen LogP contribution in [0.2, 0.25) is 0 Å². The second-order valence-corrected chi connectivity index (χ2v) is 4.26. The molecule has 0 saturated heterocycles. The molecule has 0 saturated carbocycles. The van der Waals surface area contributed by atoms with E-state index in [1.807, 2.05) is 0 Å². The third-order valence-corrected chi connectivity index (χ3v) is 2.27. The van der Waals surface area contributed by atoms with Crippen LogP contribution >= 0.6 is 7.82 Å². The fraction of sp³-hybridized carbons (Fsp3) is 0.333. The molecule has 1 unspecified atom stereocenters. The summed E-state index contributed by atoms with van der Waals surface area (Å²) in [6.45, 7) is -0.458. The molecule has 6 nitrogen and oxygen atoms in total. The highest BCUT2D eigenvalue weighted by molar-refractivity contribution is 7.43. The maximum atomic E-state index is 10.4. The van der Waals surface area contributed by atoms with Gasteiger partial charge in [0.2, 0.25) is 0 Å². The van der Waals surface area contributed by atoms with Crippen LogP contribution in [-0.4, -0.2) is 22.9 Å². The highest BCUT2D eigenvalue weighted by atomic mass is 31.2. The highest BCUT2D eigenvalue weighted by Crippen LogP contribution is 2.32. The van der Waals surface area contributed by atoms with Crippen molar-refractivity contribution >= 4 is 7.82 Å². The minimum atomic E-state index is -5.11. The van der Waals surface area contributed by atoms with Gasteiger partial charge in [-0.1, -0.05) is 18.2 Å². The van der Waals surface area contributed by atoms with Crippen molar-refractivity contribution < 1.29 is 29.1 Å². The first kappa shape index (κ1) is 13.2. The number of phosphoric acid groups is 1. The van der Waals surface area contributed by atoms with Crippen LogP contribution in [0.3, 0.4) is 0 Å². The molecule has 0 heterocycles. The van der Waals surface area contributed by atoms with E-state index in [9.17, 15) is 19.5 Å². The Morgan fingerprint density at radius 3 is 2.56 bits per heavy atom. The fourth-order valence-corrected chi connectivity index (χ4v) is 1.62. The molecule has 1 aromatic rings. The highest BCUT2D eigenvalue weighted by Gasteiger charge is 2.09. The predicted octanol–water partition coefficient (Wildman–Crippen LogP) is -1.21. The average molecular weight is 246 g/mol. The number of para-hydroxylation sites is 1. The monoisotopic (exact) mass is 246 g/mol. The normalized spacial score (nSPS) is 13.5. The second-order valence-electron chi connectivity index (χ2n) is 3.19. The van der Waals surface area contributed by atoms with Gasteiger partial charge in [-0.3, -0.25) is 0 Å². The zero-order chi connectivity index (χ0) is 12.2. The lowest BCUT2D eigenvalue weighted by atomic mass is 10.1. The number of rotatable bonds is 5. The molecule has 0 radical (unpaired) electrons. The van der Waals surface area contributed by atoms with Gasteiger partial charge in [0.1, 0.15) is 13.6 Å². The molecule has 1 atom stereocenters. The van der Waals surface area contributed by atoms with E-state index in [2.05, 4.69) is 4.52 Å². The van der Waals surface area contributed by atoms with Gasteiger partial charge in [-0.25, -0.2) is 0 Å². The first-order valence-corrected chi connectivity index (χ1v) is 5.97. The van der Waals surface area contributed by atoms with Crippen LogP contribution in [0.1, 0.15) is 5.56 Å². The molecule has 0 spiro atoms. The van der Waals surface area contributed by atoms with Crippen LogP contribution in [0.25, 0.3) is 0 Å². The Bertz CT molecular complexity index is 387. The number of benzene rings is 1. The van der Waals surface area contributed by atoms with E-state index in [1.54, 1.807) is 6.07 Å². The molecule has 90 valence electrons. The van der Waals surface area contributed by atoms with Gasteiger partial charge in [0.15, 0.2) is 0 Å². The van der Waals surface area contributed by atoms with Gasteiger partial charge < -0.3 is 29.1 Å². The van der Waals surface area contributed by atoms with E-state index in [0.717, 1.165) is 0 Å². The zero-order valence-electron chi connectivity index (χ0n) is 8.28. The molecule has 2 N–H and O–H groups in total. The summed E-state index contributed by atoms with van der Waals surface area (Å²) in [5.41, 5.74) is 0.343. The van der Waals surface area contributed by atoms with Gasteiger partial charge in [-0.05, 0) is 11.6 Å². The topological polar surface area (TPSA) is 113 Å².